The molecule has 0 atom stereocenters. The van der Waals surface area contributed by atoms with Crippen LogP contribution in [-0.2, 0) is 0 Å². The number of likely N-dealkylation sites (tertiary alicyclic amines) is 1. The van der Waals surface area contributed by atoms with E-state index in [9.17, 15) is 14.4 Å². The van der Waals surface area contributed by atoms with E-state index in [1.54, 1.807) is 48.5 Å². The molecule has 0 spiro atoms. The van der Waals surface area contributed by atoms with Gasteiger partial charge in [0, 0.05) is 24.5 Å². The normalized spacial score (nSPS) is 13.6. The minimum Gasteiger partial charge on any atom is -0.364 e. The molecular weight excluding hydrogens is 456 g/mol. The van der Waals surface area contributed by atoms with Gasteiger partial charge >= 0.3 is 0 Å². The molecule has 9 nitrogen and oxygen atoms in total. The largest absolute Gasteiger partial charge is 0.364 e. The SMILES string of the molecule is NC(=O)c1ncn(-c2ccc(NC(=O)c3ccccc3Cl)cc2)c1C(=O)NCCN1CCCC1. The molecule has 2 aromatic carbocycles. The Morgan fingerprint density at radius 1 is 1.00 bits per heavy atom. The average molecular weight is 481 g/mol. The number of nitrogens with two attached hydrogens (primary N) is 1. The molecule has 10 heteroatoms. The Hall–Kier alpha value is -3.69. The number of nitrogens with one attached hydrogen (secondary N) is 2. The third-order valence-electron chi connectivity index (χ3n) is 5.65. The van der Waals surface area contributed by atoms with E-state index in [2.05, 4.69) is 20.5 Å². The van der Waals surface area contributed by atoms with Crippen LogP contribution in [0.5, 0.6) is 0 Å². The topological polar surface area (TPSA) is 122 Å². The van der Waals surface area contributed by atoms with E-state index in [-0.39, 0.29) is 17.3 Å². The van der Waals surface area contributed by atoms with Gasteiger partial charge in [-0.3, -0.25) is 19.0 Å². The van der Waals surface area contributed by atoms with Crippen LogP contribution in [-0.4, -0.2) is 58.4 Å². The summed E-state index contributed by atoms with van der Waals surface area (Å²) in [6.45, 7) is 3.25. The van der Waals surface area contributed by atoms with Gasteiger partial charge in [0.25, 0.3) is 17.7 Å². The van der Waals surface area contributed by atoms with Crippen LogP contribution in [0.15, 0.2) is 54.9 Å². The van der Waals surface area contributed by atoms with Gasteiger partial charge < -0.3 is 21.3 Å². The third kappa shape index (κ3) is 5.27. The molecule has 0 unspecified atom stereocenters. The number of carbonyl (C=O) groups is 3. The quantitative estimate of drug-likeness (QED) is 0.457. The molecule has 176 valence electrons. The second-order valence-electron chi connectivity index (χ2n) is 7.96. The first-order valence-electron chi connectivity index (χ1n) is 11.0. The summed E-state index contributed by atoms with van der Waals surface area (Å²) in [5, 5.41) is 6.00. The van der Waals surface area contributed by atoms with Crippen LogP contribution < -0.4 is 16.4 Å². The van der Waals surface area contributed by atoms with Gasteiger partial charge in [0.2, 0.25) is 0 Å². The summed E-state index contributed by atoms with van der Waals surface area (Å²) in [6.07, 6.45) is 3.72. The minimum atomic E-state index is -0.785. The maximum absolute atomic E-state index is 12.9. The van der Waals surface area contributed by atoms with Gasteiger partial charge in [-0.25, -0.2) is 4.98 Å². The highest BCUT2D eigenvalue weighted by Gasteiger charge is 2.23. The van der Waals surface area contributed by atoms with Gasteiger partial charge in [-0.15, -0.1) is 0 Å². The van der Waals surface area contributed by atoms with Gasteiger partial charge in [-0.1, -0.05) is 23.7 Å². The molecule has 3 aromatic rings. The molecule has 0 saturated carbocycles. The number of halogens is 1. The summed E-state index contributed by atoms with van der Waals surface area (Å²) in [4.78, 5) is 43.6. The number of aromatic nitrogens is 2. The smallest absolute Gasteiger partial charge is 0.270 e. The van der Waals surface area contributed by atoms with Crippen LogP contribution in [0.4, 0.5) is 5.69 Å². The van der Waals surface area contributed by atoms with Crippen molar-refractivity contribution in [2.45, 2.75) is 12.8 Å². The van der Waals surface area contributed by atoms with E-state index in [1.165, 1.54) is 23.7 Å². The Bertz CT molecular complexity index is 1200. The monoisotopic (exact) mass is 480 g/mol. The third-order valence-corrected chi connectivity index (χ3v) is 5.98. The van der Waals surface area contributed by atoms with Crippen molar-refractivity contribution in [3.05, 3.63) is 76.8 Å². The molecule has 34 heavy (non-hydrogen) atoms. The Kier molecular flexibility index (Phi) is 7.24. The highest BCUT2D eigenvalue weighted by Crippen LogP contribution is 2.20. The van der Waals surface area contributed by atoms with E-state index < -0.39 is 11.8 Å². The predicted octanol–water partition coefficient (Wildman–Crippen LogP) is 2.70. The lowest BCUT2D eigenvalue weighted by Crippen LogP contribution is -2.35. The zero-order chi connectivity index (χ0) is 24.1. The van der Waals surface area contributed by atoms with Crippen LogP contribution in [0, 0.1) is 0 Å². The zero-order valence-corrected chi connectivity index (χ0v) is 19.2. The first-order chi connectivity index (χ1) is 16.4. The number of carbonyl (C=O) groups excluding carboxylic acids is 3. The Balaban J connectivity index is 1.49. The summed E-state index contributed by atoms with van der Waals surface area (Å²) < 4.78 is 1.50. The van der Waals surface area contributed by atoms with E-state index in [0.717, 1.165) is 19.6 Å². The molecule has 4 rings (SSSR count). The van der Waals surface area contributed by atoms with Crippen LogP contribution >= 0.6 is 11.6 Å². The maximum atomic E-state index is 12.9. The fourth-order valence-corrected chi connectivity index (χ4v) is 4.13. The van der Waals surface area contributed by atoms with E-state index in [0.29, 0.717) is 28.5 Å². The summed E-state index contributed by atoms with van der Waals surface area (Å²) in [5.41, 5.74) is 6.91. The molecular formula is C24H25ClN6O3. The van der Waals surface area contributed by atoms with Crippen molar-refractivity contribution in [3.63, 3.8) is 0 Å². The molecule has 0 radical (unpaired) electrons. The van der Waals surface area contributed by atoms with Crippen molar-refractivity contribution in [2.75, 3.05) is 31.5 Å². The summed E-state index contributed by atoms with van der Waals surface area (Å²) in [7, 11) is 0. The van der Waals surface area contributed by atoms with Crippen LogP contribution in [0.1, 0.15) is 44.2 Å². The molecule has 1 saturated heterocycles. The zero-order valence-electron chi connectivity index (χ0n) is 18.5. The van der Waals surface area contributed by atoms with Crippen molar-refractivity contribution >= 4 is 35.0 Å². The number of amides is 3. The molecule has 0 aliphatic carbocycles. The Morgan fingerprint density at radius 2 is 1.71 bits per heavy atom. The van der Waals surface area contributed by atoms with Gasteiger partial charge in [0.05, 0.1) is 10.6 Å². The molecule has 1 aromatic heterocycles. The number of benzene rings is 2. The molecule has 2 heterocycles. The van der Waals surface area contributed by atoms with E-state index >= 15 is 0 Å². The lowest BCUT2D eigenvalue weighted by atomic mass is 10.2. The summed E-state index contributed by atoms with van der Waals surface area (Å²) in [6, 6.07) is 13.5. The molecule has 0 bridgehead atoms. The number of primary amides is 1. The van der Waals surface area contributed by atoms with E-state index in [4.69, 9.17) is 17.3 Å². The van der Waals surface area contributed by atoms with Crippen molar-refractivity contribution < 1.29 is 14.4 Å². The predicted molar refractivity (Wildman–Crippen MR) is 129 cm³/mol. The van der Waals surface area contributed by atoms with Crippen LogP contribution in [0.2, 0.25) is 5.02 Å². The van der Waals surface area contributed by atoms with Crippen molar-refractivity contribution in [1.82, 2.24) is 19.8 Å². The van der Waals surface area contributed by atoms with Crippen LogP contribution in [0.25, 0.3) is 5.69 Å². The van der Waals surface area contributed by atoms with Gasteiger partial charge in [-0.05, 0) is 62.3 Å². The first kappa shape index (κ1) is 23.5. The highest BCUT2D eigenvalue weighted by molar-refractivity contribution is 6.34. The summed E-state index contributed by atoms with van der Waals surface area (Å²) >= 11 is 6.09. The second kappa shape index (κ2) is 10.5. The molecule has 1 aliphatic rings. The second-order valence-corrected chi connectivity index (χ2v) is 8.37. The number of anilines is 1. The molecule has 1 aliphatic heterocycles. The molecule has 3 amide bonds. The van der Waals surface area contributed by atoms with Gasteiger partial charge in [-0.2, -0.15) is 0 Å². The number of hydrogen-bond donors (Lipinski definition) is 3. The number of hydrogen-bond acceptors (Lipinski definition) is 5. The van der Waals surface area contributed by atoms with Crippen molar-refractivity contribution in [1.29, 1.82) is 0 Å². The maximum Gasteiger partial charge on any atom is 0.270 e. The van der Waals surface area contributed by atoms with Crippen LogP contribution in [0.3, 0.4) is 0 Å². The standard InChI is InChI=1S/C24H25ClN6O3/c25-19-6-2-1-5-18(19)23(33)29-16-7-9-17(10-8-16)31-15-28-20(22(26)32)21(31)24(34)27-11-14-30-12-3-4-13-30/h1-2,5-10,15H,3-4,11-14H2,(H2,26,32)(H,27,34)(H,29,33). The molecule has 4 N–H and O–H groups in total. The van der Waals surface area contributed by atoms with Gasteiger partial charge in [0.1, 0.15) is 12.0 Å². The number of imidazole rings is 1. The first-order valence-corrected chi connectivity index (χ1v) is 11.4. The summed E-state index contributed by atoms with van der Waals surface area (Å²) in [5.74, 6) is -1.55. The van der Waals surface area contributed by atoms with Crippen molar-refractivity contribution in [3.8, 4) is 5.69 Å². The number of rotatable bonds is 8. The lowest BCUT2D eigenvalue weighted by molar-refractivity contribution is 0.0925. The minimum absolute atomic E-state index is 0.0711. The van der Waals surface area contributed by atoms with Gasteiger partial charge in [0.15, 0.2) is 5.69 Å². The fraction of sp³-hybridized carbons (Fsp3) is 0.250. The Morgan fingerprint density at radius 3 is 2.38 bits per heavy atom. The average Bonchev–Trinajstić information content (AvgIpc) is 3.50. The molecule has 1 fully saturated rings. The Labute approximate surface area is 201 Å². The van der Waals surface area contributed by atoms with E-state index in [1.807, 2.05) is 0 Å². The fourth-order valence-electron chi connectivity index (χ4n) is 3.91. The number of nitrogens with zero attached hydrogens (tertiary/aromatic N) is 3. The lowest BCUT2D eigenvalue weighted by Gasteiger charge is -2.15. The van der Waals surface area contributed by atoms with Crippen molar-refractivity contribution in [2.24, 2.45) is 5.73 Å². The highest BCUT2D eigenvalue weighted by atomic mass is 35.5.